The number of para-hydroxylation sites is 4. The minimum Gasteiger partial charge on any atom is -0.444 e. The topological polar surface area (TPSA) is 153 Å². The van der Waals surface area contributed by atoms with Crippen LogP contribution in [0.5, 0.6) is 0 Å². The van der Waals surface area contributed by atoms with Gasteiger partial charge in [0.05, 0.1) is 22.7 Å². The molecule has 12 nitrogen and oxygen atoms in total. The lowest BCUT2D eigenvalue weighted by atomic mass is 9.89. The van der Waals surface area contributed by atoms with Gasteiger partial charge in [0.1, 0.15) is 6.61 Å². The molecule has 0 spiro atoms. The summed E-state index contributed by atoms with van der Waals surface area (Å²) in [5.41, 5.74) is 12.3. The Bertz CT molecular complexity index is 2440. The number of ether oxygens (including phenoxy) is 1. The first-order valence-electron chi connectivity index (χ1n) is 27.0. The largest absolute Gasteiger partial charge is 0.444 e. The number of likely N-dealkylation sites (tertiary alicyclic amines) is 2. The van der Waals surface area contributed by atoms with Crippen molar-refractivity contribution in [1.29, 1.82) is 0 Å². The summed E-state index contributed by atoms with van der Waals surface area (Å²) in [6.45, 7) is 7.51. The standard InChI is InChI=1S/C34H42N4O3.C26H36N4O/c39-33(36-31-15-7-8-16-32(31)37-34(40)41-25-27-12-5-2-6-13-27)28-17-19-30(20-18-28)35-29-14-9-22-38(23-21-29)24-26-10-3-1-4-11-26;27-24-10-4-5-11-25(24)29-26(31)21-12-14-23(15-13-21)28-22-9-6-17-30(18-16-22)19-20-7-2-1-3-8-20/h2,5-8,12-13,15-20,26,29,35H,1,3-4,9-11,14,21-25H2,(H,36,39)(H,37,40);4-5,10-15,20,22,28H,1-3,6-9,16-19,27H2,(H,29,31). The number of nitrogens with zero attached hydrogens (tertiary/aromatic N) is 2. The molecule has 2 aliphatic heterocycles. The van der Waals surface area contributed by atoms with Gasteiger partial charge in [-0.3, -0.25) is 14.9 Å². The number of nitrogen functional groups attached to an aromatic ring is 1. The smallest absolute Gasteiger partial charge is 0.412 e. The molecule has 2 unspecified atom stereocenters. The summed E-state index contributed by atoms with van der Waals surface area (Å²) in [6.07, 6.45) is 20.8. The molecule has 0 bridgehead atoms. The van der Waals surface area contributed by atoms with Crippen LogP contribution in [0.15, 0.2) is 127 Å². The van der Waals surface area contributed by atoms with E-state index in [0.717, 1.165) is 41.7 Å². The van der Waals surface area contributed by atoms with Crippen molar-refractivity contribution in [2.24, 2.45) is 11.8 Å². The van der Waals surface area contributed by atoms with Crippen molar-refractivity contribution in [1.82, 2.24) is 9.80 Å². The van der Waals surface area contributed by atoms with Gasteiger partial charge in [0.25, 0.3) is 11.8 Å². The first kappa shape index (κ1) is 52.0. The summed E-state index contributed by atoms with van der Waals surface area (Å²) < 4.78 is 5.33. The minimum atomic E-state index is -0.582. The van der Waals surface area contributed by atoms with E-state index in [1.54, 1.807) is 24.3 Å². The fourth-order valence-corrected chi connectivity index (χ4v) is 10.9. The number of rotatable bonds is 15. The summed E-state index contributed by atoms with van der Waals surface area (Å²) in [5.74, 6) is 1.43. The summed E-state index contributed by atoms with van der Waals surface area (Å²) in [7, 11) is 0. The van der Waals surface area contributed by atoms with Gasteiger partial charge in [-0.25, -0.2) is 4.79 Å². The normalized spacial score (nSPS) is 19.3. The summed E-state index contributed by atoms with van der Waals surface area (Å²) in [4.78, 5) is 43.3. The molecule has 72 heavy (non-hydrogen) atoms. The number of nitrogens with one attached hydrogen (secondary N) is 5. The molecular weight excluding hydrogens is 897 g/mol. The maximum absolute atomic E-state index is 13.0. The van der Waals surface area contributed by atoms with E-state index in [1.807, 2.05) is 103 Å². The fourth-order valence-electron chi connectivity index (χ4n) is 10.9. The predicted molar refractivity (Wildman–Crippen MR) is 295 cm³/mol. The lowest BCUT2D eigenvalue weighted by Gasteiger charge is -2.28. The van der Waals surface area contributed by atoms with E-state index in [1.165, 1.54) is 129 Å². The maximum atomic E-state index is 13.0. The second-order valence-electron chi connectivity index (χ2n) is 20.5. The molecule has 2 atom stereocenters. The van der Waals surface area contributed by atoms with E-state index in [2.05, 4.69) is 36.4 Å². The number of hydrogen-bond donors (Lipinski definition) is 6. The van der Waals surface area contributed by atoms with Gasteiger partial charge < -0.3 is 41.5 Å². The van der Waals surface area contributed by atoms with Crippen LogP contribution >= 0.6 is 0 Å². The predicted octanol–water partition coefficient (Wildman–Crippen LogP) is 12.9. The van der Waals surface area contributed by atoms with Gasteiger partial charge >= 0.3 is 6.09 Å². The maximum Gasteiger partial charge on any atom is 0.412 e. The van der Waals surface area contributed by atoms with Crippen LogP contribution < -0.4 is 32.3 Å². The number of anilines is 6. The van der Waals surface area contributed by atoms with E-state index in [-0.39, 0.29) is 18.4 Å². The number of benzene rings is 5. The molecule has 0 radical (unpaired) electrons. The third-order valence-electron chi connectivity index (χ3n) is 15.0. The first-order chi connectivity index (χ1) is 35.3. The summed E-state index contributed by atoms with van der Waals surface area (Å²) in [6, 6.07) is 40.3. The third-order valence-corrected chi connectivity index (χ3v) is 15.0. The second-order valence-corrected chi connectivity index (χ2v) is 20.5. The molecule has 382 valence electrons. The first-order valence-corrected chi connectivity index (χ1v) is 27.0. The van der Waals surface area contributed by atoms with Crippen LogP contribution in [0.2, 0.25) is 0 Å². The molecule has 7 N–H and O–H groups in total. The van der Waals surface area contributed by atoms with Crippen molar-refractivity contribution in [3.05, 3.63) is 144 Å². The van der Waals surface area contributed by atoms with Crippen molar-refractivity contribution < 1.29 is 19.1 Å². The fraction of sp³-hybridized carbons (Fsp3) is 0.450. The van der Waals surface area contributed by atoms with Crippen LogP contribution in [0.4, 0.5) is 38.9 Å². The molecule has 4 fully saturated rings. The van der Waals surface area contributed by atoms with Gasteiger partial charge in [0.15, 0.2) is 0 Å². The molecule has 4 aliphatic rings. The number of hydrogen-bond acceptors (Lipinski definition) is 9. The van der Waals surface area contributed by atoms with Crippen LogP contribution in [0.25, 0.3) is 0 Å². The highest BCUT2D eigenvalue weighted by atomic mass is 16.5. The molecule has 0 aromatic heterocycles. The minimum absolute atomic E-state index is 0.141. The van der Waals surface area contributed by atoms with Gasteiger partial charge in [-0.1, -0.05) is 93.1 Å². The SMILES string of the molecule is Nc1ccccc1NC(=O)c1ccc(NC2CCCN(CC3CCCCC3)CC2)cc1.O=C(Nc1ccccc1NC(=O)c1ccc(NC2CCCN(CC3CCCCC3)CC2)cc1)OCc1ccccc1. The molecule has 12 heteroatoms. The average Bonchev–Trinajstić information content (AvgIpc) is 3.78. The zero-order chi connectivity index (χ0) is 49.7. The number of nitrogens with two attached hydrogens (primary N) is 1. The zero-order valence-electron chi connectivity index (χ0n) is 42.3. The van der Waals surface area contributed by atoms with Crippen LogP contribution in [0.1, 0.15) is 129 Å². The van der Waals surface area contributed by atoms with Gasteiger partial charge in [0, 0.05) is 60.8 Å². The molecule has 2 heterocycles. The van der Waals surface area contributed by atoms with Crippen molar-refractivity contribution >= 4 is 52.0 Å². The summed E-state index contributed by atoms with van der Waals surface area (Å²) >= 11 is 0. The second kappa shape index (κ2) is 27.5. The number of amides is 3. The molecule has 2 aliphatic carbocycles. The van der Waals surface area contributed by atoms with Crippen molar-refractivity contribution in [2.45, 2.75) is 121 Å². The highest BCUT2D eigenvalue weighted by Gasteiger charge is 2.23. The monoisotopic (exact) mass is 975 g/mol. The molecule has 3 amide bonds. The Morgan fingerprint density at radius 3 is 1.40 bits per heavy atom. The Balaban J connectivity index is 0.000000200. The van der Waals surface area contributed by atoms with E-state index >= 15 is 0 Å². The van der Waals surface area contributed by atoms with Crippen molar-refractivity contribution in [3.8, 4) is 0 Å². The number of carbonyl (C=O) groups excluding carboxylic acids is 3. The summed E-state index contributed by atoms with van der Waals surface area (Å²) in [5, 5.41) is 15.9. The van der Waals surface area contributed by atoms with Crippen LogP contribution in [-0.4, -0.2) is 79.1 Å². The third kappa shape index (κ3) is 16.6. The average molecular weight is 975 g/mol. The molecular formula is C60H78N8O4. The van der Waals surface area contributed by atoms with E-state index in [0.29, 0.717) is 46.0 Å². The molecule has 2 saturated heterocycles. The Morgan fingerprint density at radius 2 is 0.903 bits per heavy atom. The van der Waals surface area contributed by atoms with Crippen LogP contribution in [-0.2, 0) is 11.3 Å². The Labute approximate surface area is 428 Å². The Hall–Kier alpha value is -6.37. The van der Waals surface area contributed by atoms with E-state index in [9.17, 15) is 14.4 Å². The molecule has 5 aromatic rings. The highest BCUT2D eigenvalue weighted by molar-refractivity contribution is 6.07. The molecule has 9 rings (SSSR count). The van der Waals surface area contributed by atoms with E-state index < -0.39 is 6.09 Å². The van der Waals surface area contributed by atoms with E-state index in [4.69, 9.17) is 10.5 Å². The van der Waals surface area contributed by atoms with Crippen LogP contribution in [0, 0.1) is 11.8 Å². The lowest BCUT2D eigenvalue weighted by Crippen LogP contribution is -2.32. The zero-order valence-corrected chi connectivity index (χ0v) is 42.3. The Morgan fingerprint density at radius 1 is 0.458 bits per heavy atom. The Kier molecular flexibility index (Phi) is 19.8. The van der Waals surface area contributed by atoms with Crippen LogP contribution in [0.3, 0.4) is 0 Å². The quantitative estimate of drug-likeness (QED) is 0.0563. The van der Waals surface area contributed by atoms with Gasteiger partial charge in [-0.05, 0) is 167 Å². The molecule has 5 aromatic carbocycles. The highest BCUT2D eigenvalue weighted by Crippen LogP contribution is 2.29. The lowest BCUT2D eigenvalue weighted by molar-refractivity contribution is 0.101. The van der Waals surface area contributed by atoms with Gasteiger partial charge in [0.2, 0.25) is 0 Å². The van der Waals surface area contributed by atoms with Gasteiger partial charge in [-0.15, -0.1) is 0 Å². The van der Waals surface area contributed by atoms with Gasteiger partial charge in [-0.2, -0.15) is 0 Å². The van der Waals surface area contributed by atoms with Crippen molar-refractivity contribution in [2.75, 3.05) is 71.6 Å². The molecule has 2 saturated carbocycles. The van der Waals surface area contributed by atoms with Crippen molar-refractivity contribution in [3.63, 3.8) is 0 Å². The number of carbonyl (C=O) groups is 3.